The number of likely N-dealkylation sites (tertiary alicyclic amines) is 1. The molecule has 2 heterocycles. The molecule has 1 fully saturated rings. The molecule has 2 aromatic carbocycles. The van der Waals surface area contributed by atoms with Gasteiger partial charge in [0.2, 0.25) is 10.0 Å². The molecule has 0 bridgehead atoms. The van der Waals surface area contributed by atoms with Crippen LogP contribution in [0, 0.1) is 0 Å². The summed E-state index contributed by atoms with van der Waals surface area (Å²) in [6.45, 7) is 5.55. The first kappa shape index (κ1) is 21.3. The van der Waals surface area contributed by atoms with Crippen molar-refractivity contribution in [2.75, 3.05) is 39.9 Å². The lowest BCUT2D eigenvalue weighted by atomic mass is 10.0. The zero-order valence-corrected chi connectivity index (χ0v) is 18.5. The molecule has 30 heavy (non-hydrogen) atoms. The van der Waals surface area contributed by atoms with Crippen molar-refractivity contribution in [1.82, 2.24) is 9.21 Å². The van der Waals surface area contributed by atoms with Gasteiger partial charge < -0.3 is 9.47 Å². The fourth-order valence-electron chi connectivity index (χ4n) is 4.36. The van der Waals surface area contributed by atoms with Crippen molar-refractivity contribution < 1.29 is 17.9 Å². The first-order valence-electron chi connectivity index (χ1n) is 10.5. The number of ether oxygens (including phenoxy) is 2. The topological polar surface area (TPSA) is 59.1 Å². The Bertz CT molecular complexity index is 977. The molecule has 0 aliphatic carbocycles. The van der Waals surface area contributed by atoms with E-state index in [0.29, 0.717) is 32.0 Å². The number of para-hydroxylation sites is 1. The fraction of sp³-hybridized carbons (Fsp3) is 0.478. The van der Waals surface area contributed by atoms with Crippen LogP contribution in [0.3, 0.4) is 0 Å². The van der Waals surface area contributed by atoms with E-state index < -0.39 is 15.6 Å². The van der Waals surface area contributed by atoms with Crippen molar-refractivity contribution >= 4 is 10.0 Å². The minimum Gasteiger partial charge on any atom is -0.483 e. The van der Waals surface area contributed by atoms with E-state index in [1.54, 1.807) is 25.3 Å². The lowest BCUT2D eigenvalue weighted by Crippen LogP contribution is -2.49. The van der Waals surface area contributed by atoms with E-state index in [1.165, 1.54) is 15.4 Å². The Hall–Kier alpha value is -1.93. The maximum Gasteiger partial charge on any atom is 0.246 e. The quantitative estimate of drug-likeness (QED) is 0.705. The largest absolute Gasteiger partial charge is 0.483 e. The summed E-state index contributed by atoms with van der Waals surface area (Å²) in [7, 11) is -2.04. The number of sulfonamides is 1. The van der Waals surface area contributed by atoms with Crippen molar-refractivity contribution in [3.8, 4) is 5.75 Å². The van der Waals surface area contributed by atoms with Crippen LogP contribution in [-0.4, -0.2) is 63.1 Å². The Kier molecular flexibility index (Phi) is 6.16. The lowest BCUT2D eigenvalue weighted by molar-refractivity contribution is 0.0533. The number of rotatable bonds is 6. The third-order valence-electron chi connectivity index (χ3n) is 6.04. The molecule has 7 heteroatoms. The second-order valence-corrected chi connectivity index (χ2v) is 10.1. The van der Waals surface area contributed by atoms with Crippen LogP contribution in [0.2, 0.25) is 0 Å². The van der Waals surface area contributed by atoms with E-state index in [9.17, 15) is 8.42 Å². The van der Waals surface area contributed by atoms with Crippen LogP contribution in [0.1, 0.15) is 24.5 Å². The van der Waals surface area contributed by atoms with E-state index in [1.807, 2.05) is 6.07 Å². The average Bonchev–Trinajstić information content (AvgIpc) is 3.10. The normalized spacial score (nSPS) is 23.8. The Morgan fingerprint density at radius 3 is 2.53 bits per heavy atom. The van der Waals surface area contributed by atoms with Gasteiger partial charge >= 0.3 is 0 Å². The second kappa shape index (κ2) is 8.67. The van der Waals surface area contributed by atoms with Gasteiger partial charge in [-0.2, -0.15) is 4.31 Å². The van der Waals surface area contributed by atoms with Crippen molar-refractivity contribution in [1.29, 1.82) is 0 Å². The summed E-state index contributed by atoms with van der Waals surface area (Å²) in [5, 5.41) is 0. The Labute approximate surface area is 179 Å². The number of hydrogen-bond acceptors (Lipinski definition) is 5. The van der Waals surface area contributed by atoms with Crippen LogP contribution in [0.25, 0.3) is 0 Å². The highest BCUT2D eigenvalue weighted by Crippen LogP contribution is 2.38. The highest BCUT2D eigenvalue weighted by Gasteiger charge is 2.47. The molecule has 1 saturated heterocycles. The Morgan fingerprint density at radius 1 is 1.07 bits per heavy atom. The molecule has 4 rings (SSSR count). The molecule has 0 amide bonds. The minimum absolute atomic E-state index is 0.242. The van der Waals surface area contributed by atoms with Gasteiger partial charge in [-0.3, -0.25) is 4.90 Å². The van der Waals surface area contributed by atoms with Gasteiger partial charge in [-0.25, -0.2) is 8.42 Å². The zero-order valence-electron chi connectivity index (χ0n) is 17.7. The molecular weight excluding hydrogens is 400 g/mol. The van der Waals surface area contributed by atoms with Crippen LogP contribution >= 0.6 is 0 Å². The SMILES string of the molecule is CCc1ccc(CN2CC[C@]3(C2)CN(CCOC)S(=O)(=O)c2ccccc2O3)cc1. The summed E-state index contributed by atoms with van der Waals surface area (Å²) < 4.78 is 39.7. The smallest absolute Gasteiger partial charge is 0.246 e. The van der Waals surface area contributed by atoms with Gasteiger partial charge in [0.1, 0.15) is 16.2 Å². The van der Waals surface area contributed by atoms with Gasteiger partial charge in [0.15, 0.2) is 0 Å². The highest BCUT2D eigenvalue weighted by molar-refractivity contribution is 7.89. The maximum atomic E-state index is 13.3. The van der Waals surface area contributed by atoms with Gasteiger partial charge in [-0.1, -0.05) is 43.3 Å². The number of hydrogen-bond donors (Lipinski definition) is 0. The van der Waals surface area contributed by atoms with Gasteiger partial charge in [-0.05, 0) is 29.7 Å². The van der Waals surface area contributed by atoms with Crippen LogP contribution in [-0.2, 0) is 27.7 Å². The number of benzene rings is 2. The molecule has 2 aliphatic rings. The van der Waals surface area contributed by atoms with E-state index in [4.69, 9.17) is 9.47 Å². The van der Waals surface area contributed by atoms with Gasteiger partial charge in [0.05, 0.1) is 13.2 Å². The molecule has 162 valence electrons. The zero-order chi connectivity index (χ0) is 21.2. The molecule has 0 aromatic heterocycles. The molecule has 6 nitrogen and oxygen atoms in total. The van der Waals surface area contributed by atoms with E-state index in [2.05, 4.69) is 36.1 Å². The number of nitrogens with zero attached hydrogens (tertiary/aromatic N) is 2. The fourth-order valence-corrected chi connectivity index (χ4v) is 5.98. The molecule has 0 radical (unpaired) electrons. The molecule has 2 aliphatic heterocycles. The summed E-state index contributed by atoms with van der Waals surface area (Å²) in [4.78, 5) is 2.60. The summed E-state index contributed by atoms with van der Waals surface area (Å²) in [6, 6.07) is 15.7. The number of aryl methyl sites for hydroxylation is 1. The van der Waals surface area contributed by atoms with Gasteiger partial charge in [0.25, 0.3) is 0 Å². The molecule has 0 saturated carbocycles. The molecule has 1 atom stereocenters. The monoisotopic (exact) mass is 430 g/mol. The molecule has 1 spiro atoms. The van der Waals surface area contributed by atoms with Crippen molar-refractivity contribution in [2.24, 2.45) is 0 Å². The van der Waals surface area contributed by atoms with Crippen LogP contribution in [0.4, 0.5) is 0 Å². The second-order valence-electron chi connectivity index (χ2n) is 8.19. The summed E-state index contributed by atoms with van der Waals surface area (Å²) in [5.41, 5.74) is 2.04. The number of methoxy groups -OCH3 is 1. The minimum atomic E-state index is -3.63. The summed E-state index contributed by atoms with van der Waals surface area (Å²) >= 11 is 0. The lowest BCUT2D eigenvalue weighted by Gasteiger charge is -2.32. The molecule has 2 aromatic rings. The third kappa shape index (κ3) is 4.25. The van der Waals surface area contributed by atoms with Crippen molar-refractivity contribution in [2.45, 2.75) is 36.8 Å². The Balaban J connectivity index is 1.58. The molecular formula is C23H30N2O4S. The maximum absolute atomic E-state index is 13.3. The van der Waals surface area contributed by atoms with Crippen molar-refractivity contribution in [3.63, 3.8) is 0 Å². The predicted molar refractivity (Wildman–Crippen MR) is 116 cm³/mol. The highest BCUT2D eigenvalue weighted by atomic mass is 32.2. The van der Waals surface area contributed by atoms with E-state index in [-0.39, 0.29) is 4.90 Å². The van der Waals surface area contributed by atoms with Gasteiger partial charge in [0, 0.05) is 39.7 Å². The average molecular weight is 431 g/mol. The predicted octanol–water partition coefficient (Wildman–Crippen LogP) is 2.92. The van der Waals surface area contributed by atoms with E-state index in [0.717, 1.165) is 25.9 Å². The van der Waals surface area contributed by atoms with Crippen LogP contribution in [0.5, 0.6) is 5.75 Å². The third-order valence-corrected chi connectivity index (χ3v) is 7.92. The first-order valence-corrected chi connectivity index (χ1v) is 12.0. The summed E-state index contributed by atoms with van der Waals surface area (Å²) in [5.74, 6) is 0.451. The van der Waals surface area contributed by atoms with Gasteiger partial charge in [-0.15, -0.1) is 0 Å². The Morgan fingerprint density at radius 2 is 1.80 bits per heavy atom. The number of fused-ring (bicyclic) bond motifs is 1. The van der Waals surface area contributed by atoms with Crippen LogP contribution in [0.15, 0.2) is 53.4 Å². The molecule has 0 N–H and O–H groups in total. The summed E-state index contributed by atoms with van der Waals surface area (Å²) in [6.07, 6.45) is 1.82. The van der Waals surface area contributed by atoms with Crippen molar-refractivity contribution in [3.05, 3.63) is 59.7 Å². The first-order chi connectivity index (χ1) is 14.5. The standard InChI is InChI=1S/C23H30N2O4S/c1-3-19-8-10-20(11-9-19)16-24-13-12-23(17-24)18-25(14-15-28-2)30(26,27)22-7-5-4-6-21(22)29-23/h4-11H,3,12-18H2,1-2H3/t23-/m0/s1. The van der Waals surface area contributed by atoms with Crippen LogP contribution < -0.4 is 4.74 Å². The molecule has 0 unspecified atom stereocenters. The van der Waals surface area contributed by atoms with E-state index >= 15 is 0 Å².